The van der Waals surface area contributed by atoms with Crippen molar-refractivity contribution in [1.82, 2.24) is 5.32 Å². The quantitative estimate of drug-likeness (QED) is 0.731. The van der Waals surface area contributed by atoms with Gasteiger partial charge in [-0.2, -0.15) is 0 Å². The first-order valence-electron chi connectivity index (χ1n) is 3.70. The van der Waals surface area contributed by atoms with Crippen LogP contribution >= 0.6 is 15.9 Å². The maximum Gasteiger partial charge on any atom is 0.0343 e. The van der Waals surface area contributed by atoms with E-state index in [0.717, 1.165) is 15.8 Å². The molecule has 0 heterocycles. The van der Waals surface area contributed by atoms with Gasteiger partial charge >= 0.3 is 0 Å². The molecule has 0 fully saturated rings. The molecule has 0 rings (SSSR count). The summed E-state index contributed by atoms with van der Waals surface area (Å²) < 4.78 is 0.960. The first kappa shape index (κ1) is 11.3. The van der Waals surface area contributed by atoms with Gasteiger partial charge in [0.1, 0.15) is 0 Å². The predicted molar refractivity (Wildman–Crippen MR) is 57.8 cm³/mol. The van der Waals surface area contributed by atoms with E-state index in [1.165, 1.54) is 0 Å². The maximum atomic E-state index is 5.63. The van der Waals surface area contributed by atoms with Crippen LogP contribution in [0.4, 0.5) is 0 Å². The van der Waals surface area contributed by atoms with Crippen molar-refractivity contribution in [3.05, 3.63) is 34.1 Å². The van der Waals surface area contributed by atoms with Crippen LogP contribution in [0.5, 0.6) is 0 Å². The first-order valence-corrected chi connectivity index (χ1v) is 4.49. The highest BCUT2D eigenvalue weighted by Crippen LogP contribution is 2.22. The Balaban J connectivity index is 5.06. The Morgan fingerprint density at radius 1 is 1.58 bits per heavy atom. The van der Waals surface area contributed by atoms with Crippen LogP contribution in [0.2, 0.25) is 0 Å². The van der Waals surface area contributed by atoms with Gasteiger partial charge < -0.3 is 11.1 Å². The second-order valence-electron chi connectivity index (χ2n) is 2.41. The van der Waals surface area contributed by atoms with Gasteiger partial charge in [-0.25, -0.2) is 0 Å². The third kappa shape index (κ3) is 2.74. The van der Waals surface area contributed by atoms with Gasteiger partial charge in [-0.15, -0.1) is 0 Å². The number of hydrogen-bond donors (Lipinski definition) is 2. The molecule has 0 bridgehead atoms. The van der Waals surface area contributed by atoms with Crippen LogP contribution in [0.3, 0.4) is 0 Å². The number of allylic oxidation sites excluding steroid dienone is 3. The molecule has 0 radical (unpaired) electrons. The molecule has 12 heavy (non-hydrogen) atoms. The van der Waals surface area contributed by atoms with E-state index in [-0.39, 0.29) is 0 Å². The molecule has 0 saturated heterocycles. The molecule has 0 aliphatic carbocycles. The van der Waals surface area contributed by atoms with E-state index < -0.39 is 0 Å². The van der Waals surface area contributed by atoms with Gasteiger partial charge in [-0.05, 0) is 13.8 Å². The van der Waals surface area contributed by atoms with Crippen LogP contribution in [0.15, 0.2) is 34.1 Å². The van der Waals surface area contributed by atoms with Crippen molar-refractivity contribution in [3.63, 3.8) is 0 Å². The normalized spacial score (nSPS) is 13.8. The van der Waals surface area contributed by atoms with E-state index in [4.69, 9.17) is 5.73 Å². The molecule has 3 N–H and O–H groups in total. The fourth-order valence-corrected chi connectivity index (χ4v) is 1.39. The third-order valence-electron chi connectivity index (χ3n) is 1.56. The lowest BCUT2D eigenvalue weighted by molar-refractivity contribution is 0.968. The van der Waals surface area contributed by atoms with Gasteiger partial charge in [0.2, 0.25) is 0 Å². The molecule has 0 spiro atoms. The minimum atomic E-state index is 0.562. The molecule has 0 aliphatic rings. The molecule has 0 aromatic heterocycles. The fraction of sp³-hybridized carbons (Fsp3) is 0.333. The number of nitrogens with two attached hydrogens (primary N) is 1. The highest BCUT2D eigenvalue weighted by atomic mass is 79.9. The Morgan fingerprint density at radius 3 is 2.33 bits per heavy atom. The molecule has 0 aromatic carbocycles. The Labute approximate surface area is 82.3 Å². The monoisotopic (exact) mass is 230 g/mol. The van der Waals surface area contributed by atoms with Gasteiger partial charge in [0.15, 0.2) is 0 Å². The van der Waals surface area contributed by atoms with E-state index in [9.17, 15) is 0 Å². The molecule has 3 heteroatoms. The zero-order chi connectivity index (χ0) is 9.72. The van der Waals surface area contributed by atoms with Crippen LogP contribution in [0, 0.1) is 0 Å². The fourth-order valence-electron chi connectivity index (χ4n) is 0.843. The molecule has 0 atom stereocenters. The van der Waals surface area contributed by atoms with Crippen LogP contribution in [-0.2, 0) is 0 Å². The standard InChI is InChI=1S/C9H15BrN2/c1-5-8(10)9(6(2)11)7(3)12-4/h5,12H,2,11H2,1,3-4H3/b8-5+,9-7-. The Bertz CT molecular complexity index is 239. The molecular weight excluding hydrogens is 216 g/mol. The van der Waals surface area contributed by atoms with Crippen molar-refractivity contribution in [3.8, 4) is 0 Å². The van der Waals surface area contributed by atoms with Crippen molar-refractivity contribution in [2.45, 2.75) is 13.8 Å². The third-order valence-corrected chi connectivity index (χ3v) is 2.42. The van der Waals surface area contributed by atoms with Gasteiger partial charge in [0.25, 0.3) is 0 Å². The molecule has 0 aromatic rings. The summed E-state index contributed by atoms with van der Waals surface area (Å²) in [5.74, 6) is 0. The van der Waals surface area contributed by atoms with Crippen molar-refractivity contribution < 1.29 is 0 Å². The summed E-state index contributed by atoms with van der Waals surface area (Å²) in [6.07, 6.45) is 1.94. The highest BCUT2D eigenvalue weighted by Gasteiger charge is 2.05. The molecule has 0 amide bonds. The summed E-state index contributed by atoms with van der Waals surface area (Å²) in [5.41, 5.74) is 8.13. The van der Waals surface area contributed by atoms with Gasteiger partial charge in [0, 0.05) is 28.5 Å². The zero-order valence-corrected chi connectivity index (χ0v) is 9.33. The second kappa shape index (κ2) is 5.04. The Hall–Kier alpha value is -0.700. The van der Waals surface area contributed by atoms with Gasteiger partial charge in [-0.3, -0.25) is 0 Å². The Morgan fingerprint density at radius 2 is 2.08 bits per heavy atom. The van der Waals surface area contributed by atoms with Crippen LogP contribution in [0.1, 0.15) is 13.8 Å². The van der Waals surface area contributed by atoms with Crippen molar-refractivity contribution >= 4 is 15.9 Å². The number of halogens is 1. The average molecular weight is 231 g/mol. The maximum absolute atomic E-state index is 5.63. The zero-order valence-electron chi connectivity index (χ0n) is 7.74. The van der Waals surface area contributed by atoms with Crippen molar-refractivity contribution in [1.29, 1.82) is 0 Å². The number of rotatable bonds is 3. The largest absolute Gasteiger partial charge is 0.399 e. The second-order valence-corrected chi connectivity index (χ2v) is 3.27. The molecule has 68 valence electrons. The Kier molecular flexibility index (Phi) is 4.74. The summed E-state index contributed by atoms with van der Waals surface area (Å²) in [6.45, 7) is 7.60. The smallest absolute Gasteiger partial charge is 0.0343 e. The molecule has 0 aliphatic heterocycles. The minimum Gasteiger partial charge on any atom is -0.399 e. The van der Waals surface area contributed by atoms with Crippen LogP contribution in [0.25, 0.3) is 0 Å². The van der Waals surface area contributed by atoms with E-state index in [1.807, 2.05) is 27.0 Å². The number of nitrogens with one attached hydrogen (secondary N) is 1. The summed E-state index contributed by atoms with van der Waals surface area (Å²) >= 11 is 3.41. The number of hydrogen-bond acceptors (Lipinski definition) is 2. The summed E-state index contributed by atoms with van der Waals surface area (Å²) in [7, 11) is 1.86. The van der Waals surface area contributed by atoms with E-state index in [2.05, 4.69) is 27.8 Å². The highest BCUT2D eigenvalue weighted by molar-refractivity contribution is 9.12. The van der Waals surface area contributed by atoms with Crippen LogP contribution < -0.4 is 11.1 Å². The SMILES string of the molecule is C=C(N)C(=C(\C)NC)/C(Br)=C\C. The summed E-state index contributed by atoms with van der Waals surface area (Å²) in [6, 6.07) is 0. The summed E-state index contributed by atoms with van der Waals surface area (Å²) in [4.78, 5) is 0. The lowest BCUT2D eigenvalue weighted by atomic mass is 10.1. The molecule has 0 saturated carbocycles. The van der Waals surface area contributed by atoms with E-state index in [0.29, 0.717) is 5.70 Å². The lowest BCUT2D eigenvalue weighted by Crippen LogP contribution is -2.10. The van der Waals surface area contributed by atoms with Crippen molar-refractivity contribution in [2.24, 2.45) is 5.73 Å². The topological polar surface area (TPSA) is 38.0 Å². The first-order chi connectivity index (χ1) is 5.54. The van der Waals surface area contributed by atoms with Gasteiger partial charge in [0.05, 0.1) is 0 Å². The van der Waals surface area contributed by atoms with Crippen LogP contribution in [-0.4, -0.2) is 7.05 Å². The van der Waals surface area contributed by atoms with E-state index in [1.54, 1.807) is 0 Å². The lowest BCUT2D eigenvalue weighted by Gasteiger charge is -2.10. The molecule has 2 nitrogen and oxygen atoms in total. The summed E-state index contributed by atoms with van der Waals surface area (Å²) in [5, 5.41) is 3.03. The average Bonchev–Trinajstić information content (AvgIpc) is 2.03. The minimum absolute atomic E-state index is 0.562. The van der Waals surface area contributed by atoms with Crippen molar-refractivity contribution in [2.75, 3.05) is 7.05 Å². The molecular formula is C9H15BrN2. The predicted octanol–water partition coefficient (Wildman–Crippen LogP) is 2.25. The molecule has 0 unspecified atom stereocenters. The van der Waals surface area contributed by atoms with Gasteiger partial charge in [-0.1, -0.05) is 28.6 Å². The van der Waals surface area contributed by atoms with E-state index >= 15 is 0 Å².